The molecule has 0 unspecified atom stereocenters. The number of amides is 1. The number of nitrogens with one attached hydrogen (secondary N) is 2. The van der Waals surface area contributed by atoms with Gasteiger partial charge in [-0.05, 0) is 30.7 Å². The van der Waals surface area contributed by atoms with Crippen molar-refractivity contribution < 1.29 is 4.79 Å². The monoisotopic (exact) mass is 283 g/mol. The smallest absolute Gasteiger partial charge is 0.251 e. The van der Waals surface area contributed by atoms with Gasteiger partial charge < -0.3 is 11.1 Å². The molecule has 4 N–H and O–H groups in total. The molecule has 1 aromatic carbocycles. The summed E-state index contributed by atoms with van der Waals surface area (Å²) in [6, 6.07) is 5.52. The number of benzene rings is 1. The molecule has 0 radical (unpaired) electrons. The largest absolute Gasteiger partial charge is 0.352 e. The summed E-state index contributed by atoms with van der Waals surface area (Å²) in [6.07, 6.45) is 2.05. The van der Waals surface area contributed by atoms with Crippen molar-refractivity contribution in [3.63, 3.8) is 0 Å². The minimum absolute atomic E-state index is 0.131. The van der Waals surface area contributed by atoms with Crippen LogP contribution in [-0.2, 0) is 6.42 Å². The molecule has 0 atom stereocenters. The van der Waals surface area contributed by atoms with Gasteiger partial charge >= 0.3 is 0 Å². The fourth-order valence-electron chi connectivity index (χ4n) is 1.89. The van der Waals surface area contributed by atoms with E-state index >= 15 is 0 Å². The second-order valence-corrected chi connectivity index (χ2v) is 4.53. The van der Waals surface area contributed by atoms with Gasteiger partial charge in [-0.25, -0.2) is 4.98 Å². The number of hydrogen-bond acceptors (Lipinski definition) is 4. The summed E-state index contributed by atoms with van der Waals surface area (Å²) < 4.78 is 0. The van der Waals surface area contributed by atoms with Crippen molar-refractivity contribution in [3.8, 4) is 11.8 Å². The number of hydrogen-bond donors (Lipinski definition) is 3. The lowest BCUT2D eigenvalue weighted by atomic mass is 10.1. The van der Waals surface area contributed by atoms with Gasteiger partial charge in [0.25, 0.3) is 5.91 Å². The van der Waals surface area contributed by atoms with Crippen LogP contribution in [0.25, 0.3) is 0 Å². The predicted molar refractivity (Wildman–Crippen MR) is 79.5 cm³/mol. The molecular formula is C15H17N5O. The lowest BCUT2D eigenvalue weighted by Gasteiger charge is -2.06. The first-order valence-electron chi connectivity index (χ1n) is 6.62. The Bertz CT molecular complexity index is 667. The summed E-state index contributed by atoms with van der Waals surface area (Å²) in [4.78, 5) is 16.1. The summed E-state index contributed by atoms with van der Waals surface area (Å²) in [5.74, 6) is 6.34. The van der Waals surface area contributed by atoms with E-state index in [9.17, 15) is 4.79 Å². The maximum Gasteiger partial charge on any atom is 0.251 e. The number of carbonyl (C=O) groups excluding carboxylic acids is 1. The molecular weight excluding hydrogens is 266 g/mol. The predicted octanol–water partition coefficient (Wildman–Crippen LogP) is 0.396. The van der Waals surface area contributed by atoms with E-state index in [0.29, 0.717) is 25.1 Å². The number of H-pyrrole nitrogens is 1. The fraction of sp³-hybridized carbons (Fsp3) is 0.267. The van der Waals surface area contributed by atoms with Crippen LogP contribution in [0, 0.1) is 18.8 Å². The number of aromatic nitrogens is 3. The maximum absolute atomic E-state index is 12.1. The molecule has 0 aliphatic heterocycles. The average Bonchev–Trinajstić information content (AvgIpc) is 2.97. The summed E-state index contributed by atoms with van der Waals surface area (Å²) in [7, 11) is 0. The molecule has 6 nitrogen and oxygen atoms in total. The molecule has 0 aliphatic rings. The van der Waals surface area contributed by atoms with Gasteiger partial charge in [0.05, 0.1) is 6.54 Å². The van der Waals surface area contributed by atoms with E-state index in [1.807, 2.05) is 19.1 Å². The molecule has 1 amide bonds. The Morgan fingerprint density at radius 3 is 3.00 bits per heavy atom. The van der Waals surface area contributed by atoms with Gasteiger partial charge in [-0.1, -0.05) is 11.8 Å². The SMILES string of the molecule is Cc1cc(C#CCN)cc(C(=O)NCCc2ncn[nH]2)c1. The van der Waals surface area contributed by atoms with Crippen LogP contribution in [0.1, 0.15) is 27.3 Å². The van der Waals surface area contributed by atoms with Gasteiger partial charge in [0.2, 0.25) is 0 Å². The Morgan fingerprint density at radius 2 is 2.29 bits per heavy atom. The molecule has 1 heterocycles. The van der Waals surface area contributed by atoms with E-state index in [1.54, 1.807) is 6.07 Å². The van der Waals surface area contributed by atoms with E-state index < -0.39 is 0 Å². The third-order valence-corrected chi connectivity index (χ3v) is 2.79. The molecule has 21 heavy (non-hydrogen) atoms. The fourth-order valence-corrected chi connectivity index (χ4v) is 1.89. The lowest BCUT2D eigenvalue weighted by molar-refractivity contribution is 0.0954. The molecule has 0 aliphatic carbocycles. The van der Waals surface area contributed by atoms with Gasteiger partial charge in [0.15, 0.2) is 0 Å². The second kappa shape index (κ2) is 7.22. The highest BCUT2D eigenvalue weighted by Gasteiger charge is 2.07. The Labute approximate surface area is 123 Å². The zero-order valence-electron chi connectivity index (χ0n) is 11.8. The van der Waals surface area contributed by atoms with E-state index in [0.717, 1.165) is 17.0 Å². The van der Waals surface area contributed by atoms with Gasteiger partial charge in [-0.15, -0.1) is 0 Å². The molecule has 0 saturated carbocycles. The molecule has 2 aromatic rings. The van der Waals surface area contributed by atoms with Gasteiger partial charge in [-0.2, -0.15) is 5.10 Å². The number of carbonyl (C=O) groups is 1. The lowest BCUT2D eigenvalue weighted by Crippen LogP contribution is -2.26. The maximum atomic E-state index is 12.1. The second-order valence-electron chi connectivity index (χ2n) is 4.53. The Morgan fingerprint density at radius 1 is 1.43 bits per heavy atom. The van der Waals surface area contributed by atoms with Crippen LogP contribution in [0.2, 0.25) is 0 Å². The molecule has 108 valence electrons. The summed E-state index contributed by atoms with van der Waals surface area (Å²) in [5.41, 5.74) is 7.73. The minimum Gasteiger partial charge on any atom is -0.352 e. The highest BCUT2D eigenvalue weighted by Crippen LogP contribution is 2.09. The highest BCUT2D eigenvalue weighted by atomic mass is 16.1. The van der Waals surface area contributed by atoms with E-state index in [4.69, 9.17) is 5.73 Å². The van der Waals surface area contributed by atoms with Crippen LogP contribution in [0.5, 0.6) is 0 Å². The summed E-state index contributed by atoms with van der Waals surface area (Å²) in [5, 5.41) is 9.35. The van der Waals surface area contributed by atoms with Crippen LogP contribution in [-0.4, -0.2) is 34.2 Å². The van der Waals surface area contributed by atoms with E-state index in [1.165, 1.54) is 6.33 Å². The first-order valence-corrected chi connectivity index (χ1v) is 6.62. The van der Waals surface area contributed by atoms with Gasteiger partial charge in [0, 0.05) is 24.1 Å². The quantitative estimate of drug-likeness (QED) is 0.707. The molecule has 2 rings (SSSR count). The Balaban J connectivity index is 1.99. The van der Waals surface area contributed by atoms with E-state index in [-0.39, 0.29) is 5.91 Å². The molecule has 0 spiro atoms. The van der Waals surface area contributed by atoms with Crippen LogP contribution < -0.4 is 11.1 Å². The number of nitrogens with zero attached hydrogens (tertiary/aromatic N) is 2. The third-order valence-electron chi connectivity index (χ3n) is 2.79. The van der Waals surface area contributed by atoms with Gasteiger partial charge in [-0.3, -0.25) is 9.89 Å². The van der Waals surface area contributed by atoms with Crippen LogP contribution in [0.4, 0.5) is 0 Å². The summed E-state index contributed by atoms with van der Waals surface area (Å²) in [6.45, 7) is 2.72. The number of aryl methyl sites for hydroxylation is 1. The Kier molecular flexibility index (Phi) is 5.07. The zero-order valence-corrected chi connectivity index (χ0v) is 11.8. The number of rotatable bonds is 4. The number of nitrogens with two attached hydrogens (primary N) is 1. The van der Waals surface area contributed by atoms with Crippen molar-refractivity contribution in [2.75, 3.05) is 13.1 Å². The topological polar surface area (TPSA) is 96.7 Å². The molecule has 0 saturated heterocycles. The highest BCUT2D eigenvalue weighted by molar-refractivity contribution is 5.94. The van der Waals surface area contributed by atoms with Crippen LogP contribution in [0.15, 0.2) is 24.5 Å². The zero-order chi connectivity index (χ0) is 15.1. The molecule has 0 fully saturated rings. The standard InChI is InChI=1S/C15H17N5O/c1-11-7-12(3-2-5-16)9-13(8-11)15(21)17-6-4-14-18-10-19-20-14/h7-10H,4-6,16H2,1H3,(H,17,21)(H,18,19,20). The van der Waals surface area contributed by atoms with Gasteiger partial charge in [0.1, 0.15) is 12.2 Å². The van der Waals surface area contributed by atoms with Crippen molar-refractivity contribution in [2.45, 2.75) is 13.3 Å². The van der Waals surface area contributed by atoms with Crippen LogP contribution >= 0.6 is 0 Å². The van der Waals surface area contributed by atoms with Crippen molar-refractivity contribution in [1.82, 2.24) is 20.5 Å². The Hall–Kier alpha value is -2.65. The van der Waals surface area contributed by atoms with Crippen molar-refractivity contribution in [3.05, 3.63) is 47.0 Å². The molecule has 0 bridgehead atoms. The third kappa shape index (κ3) is 4.44. The van der Waals surface area contributed by atoms with Crippen LogP contribution in [0.3, 0.4) is 0 Å². The van der Waals surface area contributed by atoms with Crippen molar-refractivity contribution >= 4 is 5.91 Å². The first-order chi connectivity index (χ1) is 10.2. The minimum atomic E-state index is -0.131. The first kappa shape index (κ1) is 14.8. The molecule has 1 aromatic heterocycles. The number of aromatic amines is 1. The van der Waals surface area contributed by atoms with Crippen molar-refractivity contribution in [1.29, 1.82) is 0 Å². The average molecular weight is 283 g/mol. The van der Waals surface area contributed by atoms with E-state index in [2.05, 4.69) is 32.3 Å². The normalized spacial score (nSPS) is 9.81. The molecule has 6 heteroatoms. The van der Waals surface area contributed by atoms with Crippen molar-refractivity contribution in [2.24, 2.45) is 5.73 Å². The summed E-state index contributed by atoms with van der Waals surface area (Å²) >= 11 is 0.